The summed E-state index contributed by atoms with van der Waals surface area (Å²) in [4.78, 5) is 29.4. The van der Waals surface area contributed by atoms with Gasteiger partial charge < -0.3 is 9.40 Å². The smallest absolute Gasteiger partial charge is 0.332 e. The van der Waals surface area contributed by atoms with Crippen molar-refractivity contribution in [1.29, 1.82) is 5.26 Å². The van der Waals surface area contributed by atoms with Crippen molar-refractivity contribution in [2.45, 2.75) is 13.8 Å². The summed E-state index contributed by atoms with van der Waals surface area (Å²) < 4.78 is 1.81. The topological polar surface area (TPSA) is 84.4 Å². The number of aryl methyl sites for hydroxylation is 2. The van der Waals surface area contributed by atoms with Crippen LogP contribution in [0.4, 0.5) is 0 Å². The van der Waals surface area contributed by atoms with E-state index < -0.39 is 5.97 Å². The van der Waals surface area contributed by atoms with Crippen molar-refractivity contribution in [3.63, 3.8) is 0 Å². The molecule has 3 rings (SSSR count). The number of fused-ring (bicyclic) bond motifs is 1. The largest absolute Gasteiger partial charge is 0.350 e. The molecule has 0 radical (unpaired) electrons. The molecule has 0 saturated carbocycles. The zero-order valence-electron chi connectivity index (χ0n) is 15.2. The summed E-state index contributed by atoms with van der Waals surface area (Å²) in [6.07, 6.45) is 1.69. The van der Waals surface area contributed by atoms with Crippen molar-refractivity contribution >= 4 is 28.4 Å². The number of nitrogens with zero attached hydrogens (tertiary/aromatic N) is 3. The molecule has 0 aliphatic rings. The lowest BCUT2D eigenvalue weighted by molar-refractivity contribution is -0.140. The predicted octanol–water partition coefficient (Wildman–Crippen LogP) is 3.51. The lowest BCUT2D eigenvalue weighted by Crippen LogP contribution is -2.18. The van der Waals surface area contributed by atoms with Crippen molar-refractivity contribution in [2.24, 2.45) is 12.2 Å². The second-order valence-electron chi connectivity index (χ2n) is 6.16. The Morgan fingerprint density at radius 1 is 1.15 bits per heavy atom. The minimum atomic E-state index is -0.612. The van der Waals surface area contributed by atoms with E-state index in [9.17, 15) is 14.9 Å². The van der Waals surface area contributed by atoms with Gasteiger partial charge in [0.25, 0.3) is 0 Å². The van der Waals surface area contributed by atoms with Crippen LogP contribution in [0.2, 0.25) is 0 Å². The Hall–Kier alpha value is -3.72. The van der Waals surface area contributed by atoms with E-state index in [4.69, 9.17) is 4.84 Å². The molecule has 2 aromatic carbocycles. The Labute approximate surface area is 156 Å². The van der Waals surface area contributed by atoms with Crippen molar-refractivity contribution in [2.75, 3.05) is 0 Å². The highest BCUT2D eigenvalue weighted by Gasteiger charge is 2.23. The van der Waals surface area contributed by atoms with Crippen LogP contribution in [-0.2, 0) is 16.7 Å². The maximum Gasteiger partial charge on any atom is 0.332 e. The van der Waals surface area contributed by atoms with Gasteiger partial charge in [0.05, 0.1) is 11.6 Å². The number of nitriles is 1. The molecule has 27 heavy (non-hydrogen) atoms. The van der Waals surface area contributed by atoms with Crippen LogP contribution < -0.4 is 0 Å². The molecule has 6 nitrogen and oxygen atoms in total. The number of carbonyl (C=O) groups is 2. The van der Waals surface area contributed by atoms with Gasteiger partial charge in [-0.3, -0.25) is 4.79 Å². The van der Waals surface area contributed by atoms with Crippen LogP contribution in [0.5, 0.6) is 0 Å². The standard InChI is InChI=1S/C21H17N3O3/c1-13-6-4-5-7-16(13)20(23-27-14(2)25)21(26)18-12-24(3)19-9-8-15(11-22)10-17(18)19/h4-10,12H,1-3H3/b23-20+. The van der Waals surface area contributed by atoms with Gasteiger partial charge in [0.1, 0.15) is 0 Å². The van der Waals surface area contributed by atoms with Crippen molar-refractivity contribution in [3.8, 4) is 6.07 Å². The van der Waals surface area contributed by atoms with Gasteiger partial charge in [0.2, 0.25) is 5.78 Å². The molecule has 0 unspecified atom stereocenters. The van der Waals surface area contributed by atoms with Crippen LogP contribution in [-0.4, -0.2) is 22.0 Å². The van der Waals surface area contributed by atoms with Crippen molar-refractivity contribution in [1.82, 2.24) is 4.57 Å². The van der Waals surface area contributed by atoms with E-state index in [2.05, 4.69) is 11.2 Å². The number of hydrogen-bond donors (Lipinski definition) is 0. The highest BCUT2D eigenvalue weighted by Crippen LogP contribution is 2.24. The molecule has 0 spiro atoms. The lowest BCUT2D eigenvalue weighted by atomic mass is 9.96. The normalized spacial score (nSPS) is 11.3. The van der Waals surface area contributed by atoms with E-state index in [0.29, 0.717) is 22.1 Å². The fourth-order valence-corrected chi connectivity index (χ4v) is 2.93. The van der Waals surface area contributed by atoms with E-state index >= 15 is 0 Å². The molecule has 0 atom stereocenters. The van der Waals surface area contributed by atoms with Gasteiger partial charge in [-0.2, -0.15) is 5.26 Å². The van der Waals surface area contributed by atoms with Crippen LogP contribution in [0.1, 0.15) is 34.0 Å². The molecule has 0 aliphatic carbocycles. The summed E-state index contributed by atoms with van der Waals surface area (Å²) in [5.41, 5.74) is 3.11. The zero-order chi connectivity index (χ0) is 19.6. The lowest BCUT2D eigenvalue weighted by Gasteiger charge is -2.08. The van der Waals surface area contributed by atoms with Crippen LogP contribution in [0.25, 0.3) is 10.9 Å². The van der Waals surface area contributed by atoms with Gasteiger partial charge in [-0.25, -0.2) is 4.79 Å². The number of oxime groups is 1. The minimum absolute atomic E-state index is 0.0400. The molecular formula is C21H17N3O3. The zero-order valence-corrected chi connectivity index (χ0v) is 15.2. The molecule has 1 aromatic heterocycles. The number of Topliss-reactive ketones (excluding diaryl/α,β-unsaturated/α-hetero) is 1. The number of ketones is 1. The Kier molecular flexibility index (Phi) is 4.86. The number of benzene rings is 2. The highest BCUT2D eigenvalue weighted by molar-refractivity contribution is 6.53. The average Bonchev–Trinajstić information content (AvgIpc) is 2.99. The molecular weight excluding hydrogens is 342 g/mol. The Morgan fingerprint density at radius 2 is 1.89 bits per heavy atom. The summed E-state index contributed by atoms with van der Waals surface area (Å²) in [6.45, 7) is 3.07. The third kappa shape index (κ3) is 3.48. The summed E-state index contributed by atoms with van der Waals surface area (Å²) >= 11 is 0. The van der Waals surface area contributed by atoms with Crippen LogP contribution in [0.15, 0.2) is 53.8 Å². The average molecular weight is 359 g/mol. The predicted molar refractivity (Wildman–Crippen MR) is 101 cm³/mol. The quantitative estimate of drug-likeness (QED) is 0.309. The molecule has 134 valence electrons. The van der Waals surface area contributed by atoms with Crippen molar-refractivity contribution < 1.29 is 14.4 Å². The van der Waals surface area contributed by atoms with Gasteiger partial charge in [-0.15, -0.1) is 0 Å². The van der Waals surface area contributed by atoms with Crippen LogP contribution >= 0.6 is 0 Å². The summed E-state index contributed by atoms with van der Waals surface area (Å²) in [5, 5.41) is 13.7. The maximum absolute atomic E-state index is 13.3. The molecule has 0 N–H and O–H groups in total. The number of aromatic nitrogens is 1. The first kappa shape index (κ1) is 18.1. The second kappa shape index (κ2) is 7.26. The molecule has 6 heteroatoms. The SMILES string of the molecule is CC(=O)O/N=C(/C(=O)c1cn(C)c2ccc(C#N)cc12)c1ccccc1C. The monoisotopic (exact) mass is 359 g/mol. The molecule has 3 aromatic rings. The summed E-state index contributed by atoms with van der Waals surface area (Å²) in [7, 11) is 1.82. The number of carbonyl (C=O) groups excluding carboxylic acids is 2. The summed E-state index contributed by atoms with van der Waals surface area (Å²) in [5.74, 6) is -0.996. The maximum atomic E-state index is 13.3. The minimum Gasteiger partial charge on any atom is -0.350 e. The van der Waals surface area contributed by atoms with Gasteiger partial charge in [0.15, 0.2) is 5.71 Å². The molecule has 0 amide bonds. The molecule has 1 heterocycles. The molecule has 0 aliphatic heterocycles. The van der Waals surface area contributed by atoms with Gasteiger partial charge in [-0.1, -0.05) is 29.4 Å². The number of hydrogen-bond acceptors (Lipinski definition) is 5. The summed E-state index contributed by atoms with van der Waals surface area (Å²) in [6, 6.07) is 14.5. The fraction of sp³-hybridized carbons (Fsp3) is 0.143. The first-order chi connectivity index (χ1) is 12.9. The van der Waals surface area contributed by atoms with Crippen LogP contribution in [0.3, 0.4) is 0 Å². The van der Waals surface area contributed by atoms with Crippen LogP contribution in [0, 0.1) is 18.3 Å². The fourth-order valence-electron chi connectivity index (χ4n) is 2.93. The Balaban J connectivity index is 2.20. The first-order valence-electron chi connectivity index (χ1n) is 8.28. The third-order valence-electron chi connectivity index (χ3n) is 4.24. The molecule has 0 bridgehead atoms. The van der Waals surface area contributed by atoms with Gasteiger partial charge in [0, 0.05) is 42.2 Å². The number of rotatable bonds is 4. The second-order valence-corrected chi connectivity index (χ2v) is 6.16. The van der Waals surface area contributed by atoms with E-state index in [1.807, 2.05) is 30.7 Å². The highest BCUT2D eigenvalue weighted by atomic mass is 16.7. The third-order valence-corrected chi connectivity index (χ3v) is 4.24. The Bertz CT molecular complexity index is 1130. The molecule has 0 fully saturated rings. The van der Waals surface area contributed by atoms with E-state index in [0.717, 1.165) is 11.1 Å². The van der Waals surface area contributed by atoms with Gasteiger partial charge >= 0.3 is 5.97 Å². The van der Waals surface area contributed by atoms with E-state index in [1.165, 1.54) is 6.92 Å². The molecule has 0 saturated heterocycles. The van der Waals surface area contributed by atoms with E-state index in [1.54, 1.807) is 36.5 Å². The van der Waals surface area contributed by atoms with Crippen molar-refractivity contribution in [3.05, 3.63) is 70.9 Å². The Morgan fingerprint density at radius 3 is 2.56 bits per heavy atom. The van der Waals surface area contributed by atoms with E-state index in [-0.39, 0.29) is 11.5 Å². The van der Waals surface area contributed by atoms with Gasteiger partial charge in [-0.05, 0) is 30.7 Å². The first-order valence-corrected chi connectivity index (χ1v) is 8.28.